The predicted molar refractivity (Wildman–Crippen MR) is 159 cm³/mol. The van der Waals surface area contributed by atoms with Crippen LogP contribution in [0.15, 0.2) is 69.6 Å². The summed E-state index contributed by atoms with van der Waals surface area (Å²) in [7, 11) is 0. The number of carbonyl (C=O) groups excluding carboxylic acids is 1. The van der Waals surface area contributed by atoms with E-state index in [1.54, 1.807) is 23.1 Å². The Morgan fingerprint density at radius 1 is 1.11 bits per heavy atom. The molecule has 5 rings (SSSR count). The summed E-state index contributed by atoms with van der Waals surface area (Å²) < 4.78 is 3.50. The van der Waals surface area contributed by atoms with E-state index in [2.05, 4.69) is 59.0 Å². The molecule has 4 nitrogen and oxygen atoms in total. The smallest absolute Gasteiger partial charge is 0.263 e. The highest BCUT2D eigenvalue weighted by molar-refractivity contribution is 8.03. The Balaban J connectivity index is 1.55. The molecule has 1 atom stereocenters. The van der Waals surface area contributed by atoms with Gasteiger partial charge in [0.2, 0.25) is 11.4 Å². The number of amides is 1. The topological polar surface area (TPSA) is 36.2 Å². The number of carbonyl (C=O) groups is 1. The first-order chi connectivity index (χ1) is 17.9. The van der Waals surface area contributed by atoms with Crippen molar-refractivity contribution in [1.82, 2.24) is 5.32 Å². The number of thioether (sulfide) groups is 1. The molecular weight excluding hydrogens is 541 g/mol. The summed E-state index contributed by atoms with van der Waals surface area (Å²) in [6, 6.07) is 12.1. The molecule has 1 unspecified atom stereocenters. The summed E-state index contributed by atoms with van der Waals surface area (Å²) in [5.41, 5.74) is 4.62. The van der Waals surface area contributed by atoms with Crippen molar-refractivity contribution in [2.45, 2.75) is 45.1 Å². The molecule has 0 fully saturated rings. The first kappa shape index (κ1) is 26.4. The van der Waals surface area contributed by atoms with E-state index in [-0.39, 0.29) is 11.8 Å². The van der Waals surface area contributed by atoms with Gasteiger partial charge in [0.05, 0.1) is 10.7 Å². The van der Waals surface area contributed by atoms with Gasteiger partial charge < -0.3 is 10.2 Å². The molecule has 2 aliphatic rings. The van der Waals surface area contributed by atoms with Gasteiger partial charge in [-0.25, -0.2) is 0 Å². The van der Waals surface area contributed by atoms with E-state index in [9.17, 15) is 4.79 Å². The summed E-state index contributed by atoms with van der Waals surface area (Å²) in [4.78, 5) is 16.5. The molecular formula is C29H30Cl2N3OS2+. The minimum Gasteiger partial charge on any atom is -0.356 e. The first-order valence-electron chi connectivity index (χ1n) is 12.7. The van der Waals surface area contributed by atoms with Crippen molar-refractivity contribution in [1.29, 1.82) is 0 Å². The molecule has 0 bridgehead atoms. The van der Waals surface area contributed by atoms with Crippen LogP contribution >= 0.6 is 46.3 Å². The van der Waals surface area contributed by atoms with Gasteiger partial charge in [0.1, 0.15) is 11.2 Å². The summed E-state index contributed by atoms with van der Waals surface area (Å²) >= 11 is 16.1. The summed E-state index contributed by atoms with van der Waals surface area (Å²) in [5.74, 6) is 0.0191. The molecule has 192 valence electrons. The number of allylic oxidation sites excluding steroid dienone is 4. The summed E-state index contributed by atoms with van der Waals surface area (Å²) in [6.45, 7) is 8.61. The summed E-state index contributed by atoms with van der Waals surface area (Å²) in [6.07, 6.45) is 8.21. The molecule has 0 spiro atoms. The predicted octanol–water partition coefficient (Wildman–Crippen LogP) is 7.85. The van der Waals surface area contributed by atoms with Crippen LogP contribution in [0.5, 0.6) is 0 Å². The maximum atomic E-state index is 13.0. The van der Waals surface area contributed by atoms with Crippen LogP contribution in [0.3, 0.4) is 0 Å². The van der Waals surface area contributed by atoms with E-state index in [0.29, 0.717) is 6.54 Å². The molecule has 0 radical (unpaired) electrons. The number of aryl methyl sites for hydroxylation is 1. The Kier molecular flexibility index (Phi) is 8.01. The monoisotopic (exact) mass is 570 g/mol. The fraction of sp³-hybridized carbons (Fsp3) is 0.310. The molecule has 1 N–H and O–H groups in total. The Morgan fingerprint density at radius 3 is 2.65 bits per heavy atom. The SMILES string of the molecule is CCNC(=O)C1CC(/C=C2\Sc3ccc(Cl)cc3N2CC)=CC(=C/c2sc3ccc(Cl)cc3[n+]2CC)/C1. The van der Waals surface area contributed by atoms with Crippen LogP contribution in [0.25, 0.3) is 16.3 Å². The van der Waals surface area contributed by atoms with Crippen molar-refractivity contribution in [3.05, 3.63) is 79.8 Å². The molecule has 8 heteroatoms. The second-order valence-corrected chi connectivity index (χ2v) is 12.2. The number of nitrogens with one attached hydrogen (secondary N) is 1. The number of halogens is 2. The van der Waals surface area contributed by atoms with Gasteiger partial charge in [0.25, 0.3) is 5.01 Å². The van der Waals surface area contributed by atoms with Crippen LogP contribution in [0.2, 0.25) is 10.0 Å². The van der Waals surface area contributed by atoms with E-state index in [1.807, 2.05) is 31.2 Å². The lowest BCUT2D eigenvalue weighted by Crippen LogP contribution is -2.34. The van der Waals surface area contributed by atoms with Gasteiger partial charge >= 0.3 is 0 Å². The maximum Gasteiger partial charge on any atom is 0.263 e. The van der Waals surface area contributed by atoms with Gasteiger partial charge in [-0.05, 0) is 81.2 Å². The fourth-order valence-corrected chi connectivity index (χ4v) is 7.73. The first-order valence-corrected chi connectivity index (χ1v) is 15.1. The molecule has 1 aliphatic heterocycles. The number of thiazole rings is 1. The van der Waals surface area contributed by atoms with E-state index >= 15 is 0 Å². The number of hydrogen-bond acceptors (Lipinski definition) is 4. The highest BCUT2D eigenvalue weighted by Crippen LogP contribution is 2.47. The Labute approximate surface area is 236 Å². The zero-order valence-corrected chi connectivity index (χ0v) is 24.3. The molecule has 0 saturated carbocycles. The van der Waals surface area contributed by atoms with Gasteiger partial charge in [0, 0.05) is 46.1 Å². The van der Waals surface area contributed by atoms with Crippen LogP contribution in [0.1, 0.15) is 38.6 Å². The minimum atomic E-state index is -0.0970. The minimum absolute atomic E-state index is 0.0970. The third-order valence-corrected chi connectivity index (χ3v) is 9.39. The van der Waals surface area contributed by atoms with Gasteiger partial charge in [-0.1, -0.05) is 52.4 Å². The number of anilines is 1. The second-order valence-electron chi connectivity index (χ2n) is 9.18. The Hall–Kier alpha value is -2.25. The average Bonchev–Trinajstić information content (AvgIpc) is 3.39. The molecule has 1 amide bonds. The molecule has 1 aromatic heterocycles. The molecule has 2 aromatic carbocycles. The lowest BCUT2D eigenvalue weighted by Gasteiger charge is -2.24. The quantitative estimate of drug-likeness (QED) is 0.306. The molecule has 3 aromatic rings. The average molecular weight is 572 g/mol. The standard InChI is InChI=1S/C29H29Cl2N3OS2/c1-4-32-29(35)20-12-18(14-27-33(5-2)23-16-21(30)7-9-25(23)36-27)11-19(13-20)15-28-34(6-3)24-17-22(31)8-10-26(24)37-28/h7-11,14-17,20H,4-6,12-13H2,1-3H3/p+1. The van der Waals surface area contributed by atoms with Gasteiger partial charge in [-0.3, -0.25) is 4.79 Å². The van der Waals surface area contributed by atoms with Crippen LogP contribution < -0.4 is 14.8 Å². The molecule has 37 heavy (non-hydrogen) atoms. The summed E-state index contributed by atoms with van der Waals surface area (Å²) in [5, 5.41) is 6.86. The van der Waals surface area contributed by atoms with Crippen LogP contribution in [0.4, 0.5) is 5.69 Å². The molecule has 2 heterocycles. The van der Waals surface area contributed by atoms with Crippen LogP contribution in [-0.2, 0) is 11.3 Å². The van der Waals surface area contributed by atoms with Gasteiger partial charge in [0.15, 0.2) is 0 Å². The van der Waals surface area contributed by atoms with E-state index in [4.69, 9.17) is 23.2 Å². The number of rotatable bonds is 6. The fourth-order valence-electron chi connectivity index (χ4n) is 5.04. The number of aromatic nitrogens is 1. The Morgan fingerprint density at radius 2 is 1.89 bits per heavy atom. The lowest BCUT2D eigenvalue weighted by molar-refractivity contribution is -0.665. The number of nitrogens with zero attached hydrogens (tertiary/aromatic N) is 2. The zero-order valence-electron chi connectivity index (χ0n) is 21.2. The zero-order chi connectivity index (χ0) is 26.1. The van der Waals surface area contributed by atoms with Crippen molar-refractivity contribution in [3.8, 4) is 0 Å². The normalized spacial score (nSPS) is 19.5. The van der Waals surface area contributed by atoms with E-state index in [1.165, 1.54) is 30.8 Å². The van der Waals surface area contributed by atoms with Crippen LogP contribution in [-0.4, -0.2) is 19.0 Å². The Bertz CT molecular complexity index is 1460. The number of hydrogen-bond donors (Lipinski definition) is 1. The van der Waals surface area contributed by atoms with Gasteiger partial charge in [-0.2, -0.15) is 4.57 Å². The van der Waals surface area contributed by atoms with Crippen molar-refractivity contribution >= 4 is 74.2 Å². The lowest BCUT2D eigenvalue weighted by atomic mass is 9.85. The van der Waals surface area contributed by atoms with Crippen molar-refractivity contribution in [2.24, 2.45) is 5.92 Å². The van der Waals surface area contributed by atoms with Crippen molar-refractivity contribution < 1.29 is 9.36 Å². The third kappa shape index (κ3) is 5.49. The van der Waals surface area contributed by atoms with Crippen molar-refractivity contribution in [3.63, 3.8) is 0 Å². The number of benzene rings is 2. The number of fused-ring (bicyclic) bond motifs is 2. The van der Waals surface area contributed by atoms with Gasteiger partial charge in [-0.15, -0.1) is 0 Å². The molecule has 0 saturated heterocycles. The third-order valence-electron chi connectivity index (χ3n) is 6.69. The van der Waals surface area contributed by atoms with E-state index < -0.39 is 0 Å². The van der Waals surface area contributed by atoms with E-state index in [0.717, 1.165) is 47.2 Å². The highest BCUT2D eigenvalue weighted by Gasteiger charge is 2.28. The van der Waals surface area contributed by atoms with Crippen molar-refractivity contribution in [2.75, 3.05) is 18.0 Å². The molecule has 1 aliphatic carbocycles. The maximum absolute atomic E-state index is 13.0. The van der Waals surface area contributed by atoms with Crippen LogP contribution in [0, 0.1) is 5.92 Å². The largest absolute Gasteiger partial charge is 0.356 e. The highest BCUT2D eigenvalue weighted by atomic mass is 35.5. The second kappa shape index (κ2) is 11.2.